The lowest BCUT2D eigenvalue weighted by atomic mass is 10.1. The fourth-order valence-electron chi connectivity index (χ4n) is 1.58. The first kappa shape index (κ1) is 15.4. The van der Waals surface area contributed by atoms with E-state index in [4.69, 9.17) is 10.4 Å². The van der Waals surface area contributed by atoms with E-state index in [1.54, 1.807) is 6.07 Å². The Morgan fingerprint density at radius 3 is 2.78 bits per heavy atom. The number of aromatic hydroxyl groups is 1. The summed E-state index contributed by atoms with van der Waals surface area (Å²) in [7, 11) is 0. The Labute approximate surface area is 126 Å². The normalized spacial score (nSPS) is 10.8. The Morgan fingerprint density at radius 1 is 1.52 bits per heavy atom. The standard InChI is InChI=1S/C11H7N7O5/c12-3-5(10-14-16-17-15-10)4-13-6-1-7(11(20)21)9(19)8(2-6)18(22)23/h1-2,4,13,19H,(H,20,21)(H,14,15,16,17). The molecule has 0 atom stereocenters. The number of nitrogens with one attached hydrogen (secondary N) is 2. The second kappa shape index (κ2) is 6.18. The first-order chi connectivity index (χ1) is 10.9. The van der Waals surface area contributed by atoms with E-state index in [9.17, 15) is 20.0 Å². The summed E-state index contributed by atoms with van der Waals surface area (Å²) in [6, 6.07) is 3.67. The topological polar surface area (TPSA) is 191 Å². The van der Waals surface area contributed by atoms with Gasteiger partial charge in [0.1, 0.15) is 17.2 Å². The molecule has 2 rings (SSSR count). The Hall–Kier alpha value is -4.01. The molecule has 0 amide bonds. The Morgan fingerprint density at radius 2 is 2.26 bits per heavy atom. The number of nitro groups is 1. The molecule has 1 heterocycles. The second-order valence-corrected chi connectivity index (χ2v) is 4.00. The van der Waals surface area contributed by atoms with Crippen molar-refractivity contribution >= 4 is 22.9 Å². The fourth-order valence-corrected chi connectivity index (χ4v) is 1.58. The number of phenols is 1. The predicted octanol–water partition coefficient (Wildman–Crippen LogP) is 0.488. The number of benzene rings is 1. The molecule has 1 aromatic carbocycles. The molecule has 0 unspecified atom stereocenters. The number of nitro benzene ring substituents is 1. The number of carboxylic acids is 1. The number of allylic oxidation sites excluding steroid dienone is 1. The SMILES string of the molecule is N#CC(=CNc1cc(C(=O)O)c(O)c([N+](=O)[O-])c1)c1nn[nH]n1. The van der Waals surface area contributed by atoms with Crippen LogP contribution < -0.4 is 5.32 Å². The maximum Gasteiger partial charge on any atom is 0.339 e. The summed E-state index contributed by atoms with van der Waals surface area (Å²) in [5.74, 6) is -2.53. The van der Waals surface area contributed by atoms with Crippen molar-refractivity contribution in [3.05, 3.63) is 39.8 Å². The van der Waals surface area contributed by atoms with Crippen LogP contribution in [0.5, 0.6) is 5.75 Å². The number of aromatic carboxylic acids is 1. The minimum Gasteiger partial charge on any atom is -0.501 e. The molecule has 0 aliphatic rings. The predicted molar refractivity (Wildman–Crippen MR) is 73.1 cm³/mol. The molecule has 1 aromatic heterocycles. The lowest BCUT2D eigenvalue weighted by Crippen LogP contribution is -2.02. The van der Waals surface area contributed by atoms with Gasteiger partial charge in [0.25, 0.3) is 0 Å². The lowest BCUT2D eigenvalue weighted by molar-refractivity contribution is -0.385. The van der Waals surface area contributed by atoms with Crippen LogP contribution in [0.4, 0.5) is 11.4 Å². The van der Waals surface area contributed by atoms with Crippen LogP contribution >= 0.6 is 0 Å². The summed E-state index contributed by atoms with van der Waals surface area (Å²) < 4.78 is 0. The van der Waals surface area contributed by atoms with Crippen molar-refractivity contribution in [2.45, 2.75) is 0 Å². The van der Waals surface area contributed by atoms with E-state index in [2.05, 4.69) is 25.9 Å². The first-order valence-electron chi connectivity index (χ1n) is 5.79. The number of rotatable bonds is 5. The quantitative estimate of drug-likeness (QED) is 0.261. The number of hydrogen-bond acceptors (Lipinski definition) is 9. The molecule has 116 valence electrons. The first-order valence-corrected chi connectivity index (χ1v) is 5.79. The number of H-pyrrole nitrogens is 1. The molecule has 12 nitrogen and oxygen atoms in total. The third-order valence-electron chi connectivity index (χ3n) is 2.61. The van der Waals surface area contributed by atoms with Gasteiger partial charge in [-0.3, -0.25) is 10.1 Å². The molecule has 0 saturated heterocycles. The van der Waals surface area contributed by atoms with Crippen LogP contribution in [0.25, 0.3) is 5.57 Å². The van der Waals surface area contributed by atoms with Crippen molar-refractivity contribution in [1.82, 2.24) is 20.6 Å². The molecule has 23 heavy (non-hydrogen) atoms. The highest BCUT2D eigenvalue weighted by molar-refractivity contribution is 5.94. The van der Waals surface area contributed by atoms with Crippen LogP contribution in [0, 0.1) is 21.4 Å². The van der Waals surface area contributed by atoms with Crippen LogP contribution in [0.1, 0.15) is 16.2 Å². The molecular weight excluding hydrogens is 310 g/mol. The number of aromatic nitrogens is 4. The average molecular weight is 317 g/mol. The summed E-state index contributed by atoms with van der Waals surface area (Å²) >= 11 is 0. The van der Waals surface area contributed by atoms with Gasteiger partial charge in [-0.1, -0.05) is 0 Å². The molecule has 0 aliphatic heterocycles. The van der Waals surface area contributed by atoms with E-state index in [-0.39, 0.29) is 17.1 Å². The van der Waals surface area contributed by atoms with Crippen LogP contribution in [-0.4, -0.2) is 41.7 Å². The Kier molecular flexibility index (Phi) is 4.13. The van der Waals surface area contributed by atoms with Gasteiger partial charge in [-0.05, 0) is 11.3 Å². The van der Waals surface area contributed by atoms with Gasteiger partial charge >= 0.3 is 11.7 Å². The number of tetrazole rings is 1. The number of hydrogen-bond donors (Lipinski definition) is 4. The third-order valence-corrected chi connectivity index (χ3v) is 2.61. The molecule has 0 fully saturated rings. The fraction of sp³-hybridized carbons (Fsp3) is 0. The van der Waals surface area contributed by atoms with E-state index < -0.39 is 27.9 Å². The van der Waals surface area contributed by atoms with Crippen LogP contribution in [0.3, 0.4) is 0 Å². The summed E-state index contributed by atoms with van der Waals surface area (Å²) in [4.78, 5) is 20.9. The van der Waals surface area contributed by atoms with Crippen molar-refractivity contribution in [2.24, 2.45) is 0 Å². The van der Waals surface area contributed by atoms with E-state index in [0.717, 1.165) is 18.3 Å². The van der Waals surface area contributed by atoms with Crippen LogP contribution in [0.15, 0.2) is 18.3 Å². The largest absolute Gasteiger partial charge is 0.501 e. The van der Waals surface area contributed by atoms with E-state index in [1.807, 2.05) is 0 Å². The van der Waals surface area contributed by atoms with Gasteiger partial charge in [0, 0.05) is 18.0 Å². The number of aromatic amines is 1. The lowest BCUT2D eigenvalue weighted by Gasteiger charge is -2.06. The summed E-state index contributed by atoms with van der Waals surface area (Å²) in [5, 5.41) is 53.5. The average Bonchev–Trinajstić information content (AvgIpc) is 3.02. The maximum atomic E-state index is 11.0. The number of carboxylic acid groups (broad SMARTS) is 1. The van der Waals surface area contributed by atoms with Crippen molar-refractivity contribution in [2.75, 3.05) is 5.32 Å². The molecule has 2 aromatic rings. The molecular formula is C11H7N7O5. The van der Waals surface area contributed by atoms with Gasteiger partial charge in [-0.25, -0.2) is 4.79 Å². The van der Waals surface area contributed by atoms with Crippen molar-refractivity contribution in [3.8, 4) is 11.8 Å². The van der Waals surface area contributed by atoms with Gasteiger partial charge < -0.3 is 15.5 Å². The Balaban J connectivity index is 2.42. The van der Waals surface area contributed by atoms with E-state index >= 15 is 0 Å². The second-order valence-electron chi connectivity index (χ2n) is 4.00. The van der Waals surface area contributed by atoms with E-state index in [1.165, 1.54) is 0 Å². The van der Waals surface area contributed by atoms with Gasteiger partial charge in [0.05, 0.1) is 4.92 Å². The van der Waals surface area contributed by atoms with Gasteiger partial charge in [-0.2, -0.15) is 10.5 Å². The minimum absolute atomic E-state index is 0.0215. The smallest absolute Gasteiger partial charge is 0.339 e. The van der Waals surface area contributed by atoms with Crippen LogP contribution in [0.2, 0.25) is 0 Å². The molecule has 12 heteroatoms. The van der Waals surface area contributed by atoms with Gasteiger partial charge in [0.15, 0.2) is 0 Å². The zero-order valence-corrected chi connectivity index (χ0v) is 11.1. The third kappa shape index (κ3) is 3.19. The summed E-state index contributed by atoms with van der Waals surface area (Å²) in [6.45, 7) is 0. The monoisotopic (exact) mass is 317 g/mol. The number of nitriles is 1. The molecule has 0 aliphatic carbocycles. The minimum atomic E-state index is -1.54. The van der Waals surface area contributed by atoms with Crippen LogP contribution in [-0.2, 0) is 0 Å². The highest BCUT2D eigenvalue weighted by Gasteiger charge is 2.22. The molecule has 0 radical (unpaired) electrons. The zero-order chi connectivity index (χ0) is 17.0. The zero-order valence-electron chi connectivity index (χ0n) is 11.1. The summed E-state index contributed by atoms with van der Waals surface area (Å²) in [5.41, 5.74) is -1.53. The summed E-state index contributed by atoms with van der Waals surface area (Å²) in [6.07, 6.45) is 1.12. The molecule has 0 spiro atoms. The number of carbonyl (C=O) groups is 1. The van der Waals surface area contributed by atoms with Gasteiger partial charge in [-0.15, -0.1) is 10.2 Å². The molecule has 4 N–H and O–H groups in total. The molecule has 0 saturated carbocycles. The maximum absolute atomic E-state index is 11.0. The van der Waals surface area contributed by atoms with Gasteiger partial charge in [0.2, 0.25) is 11.6 Å². The van der Waals surface area contributed by atoms with Crippen molar-refractivity contribution in [3.63, 3.8) is 0 Å². The van der Waals surface area contributed by atoms with Crippen molar-refractivity contribution in [1.29, 1.82) is 5.26 Å². The molecule has 0 bridgehead atoms. The highest BCUT2D eigenvalue weighted by Crippen LogP contribution is 2.33. The van der Waals surface area contributed by atoms with Crippen molar-refractivity contribution < 1.29 is 19.9 Å². The highest BCUT2D eigenvalue weighted by atomic mass is 16.6. The van der Waals surface area contributed by atoms with E-state index in [0.29, 0.717) is 0 Å². The number of nitrogens with zero attached hydrogens (tertiary/aromatic N) is 5. The Bertz CT molecular complexity index is 802. The number of anilines is 1.